The number of amides is 1. The fraction of sp³-hybridized carbons (Fsp3) is 0.621. The van der Waals surface area contributed by atoms with Gasteiger partial charge in [-0.25, -0.2) is 14.4 Å². The van der Waals surface area contributed by atoms with Gasteiger partial charge in [-0.2, -0.15) is 0 Å². The first-order valence-electron chi connectivity index (χ1n) is 14.0. The third-order valence-corrected chi connectivity index (χ3v) is 9.15. The first-order chi connectivity index (χ1) is 18.2. The SMILES string of the molecule is C[C@@H]1CN(c2ccc(CN(C)C)cc2F)CCN1c1nccc(C(=O)NC2C3CC4CC2CC(O)(C4)C3)n1. The zero-order valence-corrected chi connectivity index (χ0v) is 22.6. The molecule has 1 saturated heterocycles. The Balaban J connectivity index is 1.11. The van der Waals surface area contributed by atoms with Crippen molar-refractivity contribution < 1.29 is 14.3 Å². The summed E-state index contributed by atoms with van der Waals surface area (Å²) in [4.78, 5) is 28.6. The minimum atomic E-state index is -0.519. The van der Waals surface area contributed by atoms with Crippen molar-refractivity contribution in [3.63, 3.8) is 0 Å². The Hall–Kier alpha value is -2.78. The Morgan fingerprint density at radius 2 is 1.95 bits per heavy atom. The van der Waals surface area contributed by atoms with Gasteiger partial charge >= 0.3 is 0 Å². The van der Waals surface area contributed by atoms with Crippen LogP contribution in [0.4, 0.5) is 16.0 Å². The Morgan fingerprint density at radius 3 is 2.61 bits per heavy atom. The molecule has 38 heavy (non-hydrogen) atoms. The molecule has 4 bridgehead atoms. The summed E-state index contributed by atoms with van der Waals surface area (Å²) in [6.07, 6.45) is 6.36. The van der Waals surface area contributed by atoms with Gasteiger partial charge in [0.15, 0.2) is 0 Å². The van der Waals surface area contributed by atoms with E-state index in [2.05, 4.69) is 32.0 Å². The van der Waals surface area contributed by atoms with Gasteiger partial charge < -0.3 is 25.1 Å². The van der Waals surface area contributed by atoms with Gasteiger partial charge in [0.25, 0.3) is 5.91 Å². The maximum atomic E-state index is 14.9. The first kappa shape index (κ1) is 25.5. The van der Waals surface area contributed by atoms with Crippen molar-refractivity contribution in [2.75, 3.05) is 43.5 Å². The lowest BCUT2D eigenvalue weighted by molar-refractivity contribution is -0.136. The predicted octanol–water partition coefficient (Wildman–Crippen LogP) is 3.06. The number of nitrogens with zero attached hydrogens (tertiary/aromatic N) is 5. The van der Waals surface area contributed by atoms with Crippen molar-refractivity contribution in [2.45, 2.75) is 63.3 Å². The molecule has 2 heterocycles. The van der Waals surface area contributed by atoms with Gasteiger partial charge in [-0.3, -0.25) is 4.79 Å². The second-order valence-corrected chi connectivity index (χ2v) is 12.4. The highest BCUT2D eigenvalue weighted by molar-refractivity contribution is 5.92. The van der Waals surface area contributed by atoms with Crippen LogP contribution in [0, 0.1) is 23.6 Å². The van der Waals surface area contributed by atoms with Crippen molar-refractivity contribution in [1.82, 2.24) is 20.2 Å². The van der Waals surface area contributed by atoms with Crippen LogP contribution in [-0.2, 0) is 6.54 Å². The molecular formula is C29H39FN6O2. The van der Waals surface area contributed by atoms with Crippen LogP contribution in [0.3, 0.4) is 0 Å². The molecule has 1 amide bonds. The van der Waals surface area contributed by atoms with Crippen LogP contribution < -0.4 is 15.1 Å². The predicted molar refractivity (Wildman–Crippen MR) is 145 cm³/mol. The lowest BCUT2D eigenvalue weighted by Gasteiger charge is -2.58. The molecule has 1 aliphatic heterocycles. The van der Waals surface area contributed by atoms with E-state index in [1.54, 1.807) is 18.3 Å². The van der Waals surface area contributed by atoms with Crippen molar-refractivity contribution in [3.05, 3.63) is 47.5 Å². The number of aliphatic hydroxyl groups is 1. The topological polar surface area (TPSA) is 84.8 Å². The first-order valence-corrected chi connectivity index (χ1v) is 14.0. The van der Waals surface area contributed by atoms with Crippen LogP contribution in [0.5, 0.6) is 0 Å². The maximum Gasteiger partial charge on any atom is 0.270 e. The van der Waals surface area contributed by atoms with E-state index in [-0.39, 0.29) is 23.8 Å². The second kappa shape index (κ2) is 9.75. The molecule has 2 unspecified atom stereocenters. The van der Waals surface area contributed by atoms with Crippen LogP contribution >= 0.6 is 0 Å². The van der Waals surface area contributed by atoms with Gasteiger partial charge in [0.05, 0.1) is 11.3 Å². The number of piperazine rings is 1. The normalized spacial score (nSPS) is 32.2. The number of carbonyl (C=O) groups excluding carboxylic acids is 1. The quantitative estimate of drug-likeness (QED) is 0.603. The Labute approximate surface area is 224 Å². The molecule has 204 valence electrons. The van der Waals surface area contributed by atoms with Crippen molar-refractivity contribution >= 4 is 17.5 Å². The summed E-state index contributed by atoms with van der Waals surface area (Å²) in [7, 11) is 3.95. The summed E-state index contributed by atoms with van der Waals surface area (Å²) in [6, 6.07) is 7.33. The van der Waals surface area contributed by atoms with Gasteiger partial charge in [0, 0.05) is 44.5 Å². The molecule has 5 fully saturated rings. The lowest BCUT2D eigenvalue weighted by atomic mass is 9.52. The van der Waals surface area contributed by atoms with E-state index in [1.165, 1.54) is 0 Å². The van der Waals surface area contributed by atoms with E-state index < -0.39 is 5.60 Å². The van der Waals surface area contributed by atoms with Crippen LogP contribution in [0.25, 0.3) is 0 Å². The Kier molecular flexibility index (Phi) is 6.54. The third-order valence-electron chi connectivity index (χ3n) is 9.15. The summed E-state index contributed by atoms with van der Waals surface area (Å²) in [6.45, 7) is 4.70. The number of nitrogens with one attached hydrogen (secondary N) is 1. The van der Waals surface area contributed by atoms with Gasteiger partial charge in [-0.05, 0) is 94.6 Å². The summed E-state index contributed by atoms with van der Waals surface area (Å²) in [5.74, 6) is 1.47. The third kappa shape index (κ3) is 4.86. The fourth-order valence-corrected chi connectivity index (χ4v) is 7.80. The molecule has 0 radical (unpaired) electrons. The molecule has 0 spiro atoms. The molecule has 1 aromatic carbocycles. The zero-order chi connectivity index (χ0) is 26.6. The molecule has 3 atom stereocenters. The van der Waals surface area contributed by atoms with Gasteiger partial charge in [0.2, 0.25) is 5.95 Å². The van der Waals surface area contributed by atoms with Crippen LogP contribution in [0.15, 0.2) is 30.5 Å². The molecule has 4 aliphatic carbocycles. The monoisotopic (exact) mass is 522 g/mol. The minimum absolute atomic E-state index is 0.0492. The molecule has 2 aromatic rings. The number of benzene rings is 1. The molecule has 7 rings (SSSR count). The number of rotatable bonds is 6. The summed E-state index contributed by atoms with van der Waals surface area (Å²) in [5, 5.41) is 14.1. The summed E-state index contributed by atoms with van der Waals surface area (Å²) < 4.78 is 14.9. The Bertz CT molecular complexity index is 1190. The van der Waals surface area contributed by atoms with E-state index in [0.717, 1.165) is 37.7 Å². The van der Waals surface area contributed by atoms with Gasteiger partial charge in [-0.1, -0.05) is 6.07 Å². The standard InChI is InChI=1S/C29H39FN6O2/c1-18-16-35(25-5-4-19(12-23(25)30)17-34(2)3)8-9-36(18)28-31-7-6-24(32-28)27(37)33-26-21-10-20-11-22(26)15-29(38,13-20)14-21/h4-7,12,18,20-22,26,38H,8-11,13-17H2,1-3H3,(H,33,37)/t18-,20?,21?,22?,26?,29?/m1/s1. The van der Waals surface area contributed by atoms with E-state index in [0.29, 0.717) is 61.3 Å². The van der Waals surface area contributed by atoms with Crippen LogP contribution in [0.1, 0.15) is 55.1 Å². The molecule has 5 aliphatic rings. The van der Waals surface area contributed by atoms with Crippen molar-refractivity contribution in [3.8, 4) is 0 Å². The smallest absolute Gasteiger partial charge is 0.270 e. The highest BCUT2D eigenvalue weighted by Gasteiger charge is 2.55. The van der Waals surface area contributed by atoms with Crippen molar-refractivity contribution in [2.24, 2.45) is 17.8 Å². The summed E-state index contributed by atoms with van der Waals surface area (Å²) in [5.41, 5.74) is 1.43. The Morgan fingerprint density at radius 1 is 1.18 bits per heavy atom. The highest BCUT2D eigenvalue weighted by Crippen LogP contribution is 2.55. The number of halogens is 1. The second-order valence-electron chi connectivity index (χ2n) is 12.4. The number of aromatic nitrogens is 2. The van der Waals surface area contributed by atoms with Crippen LogP contribution in [-0.4, -0.2) is 77.3 Å². The average Bonchev–Trinajstić information content (AvgIpc) is 2.85. The highest BCUT2D eigenvalue weighted by atomic mass is 19.1. The molecular weight excluding hydrogens is 483 g/mol. The number of hydrogen-bond acceptors (Lipinski definition) is 7. The van der Waals surface area contributed by atoms with E-state index in [4.69, 9.17) is 0 Å². The van der Waals surface area contributed by atoms with E-state index in [9.17, 15) is 14.3 Å². The molecule has 4 saturated carbocycles. The molecule has 2 N–H and O–H groups in total. The number of anilines is 2. The van der Waals surface area contributed by atoms with Crippen LogP contribution in [0.2, 0.25) is 0 Å². The number of hydrogen-bond donors (Lipinski definition) is 2. The van der Waals surface area contributed by atoms with Gasteiger partial charge in [0.1, 0.15) is 11.5 Å². The van der Waals surface area contributed by atoms with Gasteiger partial charge in [-0.15, -0.1) is 0 Å². The largest absolute Gasteiger partial charge is 0.390 e. The maximum absolute atomic E-state index is 14.9. The minimum Gasteiger partial charge on any atom is -0.390 e. The molecule has 1 aromatic heterocycles. The number of carbonyl (C=O) groups is 1. The lowest BCUT2D eigenvalue weighted by Crippen LogP contribution is -2.61. The van der Waals surface area contributed by atoms with E-state index >= 15 is 0 Å². The molecule has 9 heteroatoms. The average molecular weight is 523 g/mol. The zero-order valence-electron chi connectivity index (χ0n) is 22.6. The fourth-order valence-electron chi connectivity index (χ4n) is 7.80. The van der Waals surface area contributed by atoms with Crippen molar-refractivity contribution in [1.29, 1.82) is 0 Å². The summed E-state index contributed by atoms with van der Waals surface area (Å²) >= 11 is 0. The van der Waals surface area contributed by atoms with E-state index in [1.807, 2.05) is 31.1 Å². The molecule has 8 nitrogen and oxygen atoms in total.